The zero-order valence-electron chi connectivity index (χ0n) is 9.94. The Morgan fingerprint density at radius 1 is 1.53 bits per heavy atom. The van der Waals surface area contributed by atoms with Crippen LogP contribution in [-0.2, 0) is 6.54 Å². The molecule has 0 aliphatic carbocycles. The average molecular weight is 317 g/mol. The number of hydrogen-bond acceptors (Lipinski definition) is 4. The van der Waals surface area contributed by atoms with Crippen molar-refractivity contribution in [2.24, 2.45) is 0 Å². The molecule has 2 rings (SSSR count). The Morgan fingerprint density at radius 2 is 2.32 bits per heavy atom. The summed E-state index contributed by atoms with van der Waals surface area (Å²) >= 11 is 12.9. The highest BCUT2D eigenvalue weighted by Gasteiger charge is 2.14. The number of nitrogens with zero attached hydrogens (tertiary/aromatic N) is 1. The van der Waals surface area contributed by atoms with Gasteiger partial charge in [-0.3, -0.25) is 4.79 Å². The quantitative estimate of drug-likeness (QED) is 0.940. The van der Waals surface area contributed by atoms with Crippen LogP contribution in [0.4, 0.5) is 0 Å². The van der Waals surface area contributed by atoms with Gasteiger partial charge in [-0.15, -0.1) is 11.3 Å². The van der Waals surface area contributed by atoms with Crippen molar-refractivity contribution in [1.82, 2.24) is 10.3 Å². The van der Waals surface area contributed by atoms with E-state index in [4.69, 9.17) is 27.9 Å². The Hall–Kier alpha value is -1.30. The van der Waals surface area contributed by atoms with Gasteiger partial charge in [0, 0.05) is 18.3 Å². The van der Waals surface area contributed by atoms with Crippen LogP contribution in [0, 0.1) is 0 Å². The number of amides is 1. The molecule has 0 aliphatic rings. The van der Waals surface area contributed by atoms with E-state index in [1.807, 2.05) is 6.07 Å². The second-order valence-electron chi connectivity index (χ2n) is 3.59. The van der Waals surface area contributed by atoms with Gasteiger partial charge in [-0.25, -0.2) is 4.98 Å². The van der Waals surface area contributed by atoms with E-state index in [-0.39, 0.29) is 5.91 Å². The first-order valence-electron chi connectivity index (χ1n) is 5.32. The summed E-state index contributed by atoms with van der Waals surface area (Å²) in [5.74, 6) is 0.205. The fraction of sp³-hybridized carbons (Fsp3) is 0.167. The fourth-order valence-electron chi connectivity index (χ4n) is 1.51. The number of ether oxygens (including phenoxy) is 1. The van der Waals surface area contributed by atoms with E-state index in [2.05, 4.69) is 10.3 Å². The van der Waals surface area contributed by atoms with E-state index in [1.165, 1.54) is 7.11 Å². The lowest BCUT2D eigenvalue weighted by Crippen LogP contribution is -2.22. The lowest BCUT2D eigenvalue weighted by atomic mass is 10.2. The van der Waals surface area contributed by atoms with Gasteiger partial charge in [0.2, 0.25) is 5.88 Å². The molecule has 0 unspecified atom stereocenters. The molecule has 0 saturated carbocycles. The molecular weight excluding hydrogens is 307 g/mol. The van der Waals surface area contributed by atoms with Gasteiger partial charge >= 0.3 is 0 Å². The second-order valence-corrected chi connectivity index (χ2v) is 5.88. The van der Waals surface area contributed by atoms with Gasteiger partial charge in [0.1, 0.15) is 4.34 Å². The predicted octanol–water partition coefficient (Wildman–Crippen LogP) is 3.39. The third-order valence-corrected chi connectivity index (χ3v) is 3.87. The summed E-state index contributed by atoms with van der Waals surface area (Å²) in [6, 6.07) is 5.15. The molecule has 0 fully saturated rings. The molecule has 19 heavy (non-hydrogen) atoms. The maximum absolute atomic E-state index is 11.9. The molecule has 0 bridgehead atoms. The third-order valence-electron chi connectivity index (χ3n) is 2.38. The summed E-state index contributed by atoms with van der Waals surface area (Å²) in [7, 11) is 1.53. The summed E-state index contributed by atoms with van der Waals surface area (Å²) < 4.78 is 5.96. The first-order valence-corrected chi connectivity index (χ1v) is 6.90. The second kappa shape index (κ2) is 6.23. The van der Waals surface area contributed by atoms with Crippen LogP contribution in [0.25, 0.3) is 0 Å². The Morgan fingerprint density at radius 3 is 2.95 bits per heavy atom. The molecule has 0 spiro atoms. The monoisotopic (exact) mass is 316 g/mol. The normalized spacial score (nSPS) is 10.3. The van der Waals surface area contributed by atoms with Crippen molar-refractivity contribution in [2.75, 3.05) is 7.11 Å². The molecule has 2 aromatic rings. The van der Waals surface area contributed by atoms with Crippen LogP contribution < -0.4 is 10.1 Å². The molecular formula is C12H10Cl2N2O2S. The van der Waals surface area contributed by atoms with Crippen molar-refractivity contribution in [3.05, 3.63) is 44.2 Å². The van der Waals surface area contributed by atoms with Crippen molar-refractivity contribution in [1.29, 1.82) is 0 Å². The minimum Gasteiger partial charge on any atom is -0.481 e. The van der Waals surface area contributed by atoms with Crippen molar-refractivity contribution < 1.29 is 9.53 Å². The summed E-state index contributed by atoms with van der Waals surface area (Å²) in [6.45, 7) is 0.305. The van der Waals surface area contributed by atoms with Crippen molar-refractivity contribution in [3.63, 3.8) is 0 Å². The van der Waals surface area contributed by atoms with E-state index >= 15 is 0 Å². The number of halogens is 2. The highest BCUT2D eigenvalue weighted by Crippen LogP contribution is 2.31. The molecule has 4 nitrogen and oxygen atoms in total. The van der Waals surface area contributed by atoms with Crippen LogP contribution in [0.15, 0.2) is 24.4 Å². The zero-order valence-corrected chi connectivity index (χ0v) is 12.3. The van der Waals surface area contributed by atoms with E-state index < -0.39 is 0 Å². The number of carbonyl (C=O) groups is 1. The van der Waals surface area contributed by atoms with Gasteiger partial charge in [0.25, 0.3) is 5.91 Å². The third kappa shape index (κ3) is 3.37. The largest absolute Gasteiger partial charge is 0.481 e. The van der Waals surface area contributed by atoms with Crippen LogP contribution in [-0.4, -0.2) is 18.0 Å². The first-order chi connectivity index (χ1) is 9.11. The summed E-state index contributed by atoms with van der Waals surface area (Å²) in [6.07, 6.45) is 1.62. The molecule has 1 N–H and O–H groups in total. The van der Waals surface area contributed by atoms with E-state index in [0.29, 0.717) is 26.7 Å². The highest BCUT2D eigenvalue weighted by molar-refractivity contribution is 7.20. The number of nitrogens with one attached hydrogen (secondary N) is 1. The van der Waals surface area contributed by atoms with Gasteiger partial charge in [0.05, 0.1) is 17.0 Å². The van der Waals surface area contributed by atoms with Crippen molar-refractivity contribution >= 4 is 40.4 Å². The Balaban J connectivity index is 2.06. The highest BCUT2D eigenvalue weighted by atomic mass is 35.5. The summed E-state index contributed by atoms with van der Waals surface area (Å²) in [5, 5.41) is 2.75. The van der Waals surface area contributed by atoms with Gasteiger partial charge in [-0.2, -0.15) is 0 Å². The van der Waals surface area contributed by atoms with Crippen LogP contribution >= 0.6 is 34.5 Å². The molecule has 0 saturated heterocycles. The number of hydrogen-bond donors (Lipinski definition) is 1. The van der Waals surface area contributed by atoms with Crippen LogP contribution in [0.2, 0.25) is 8.67 Å². The Kier molecular flexibility index (Phi) is 4.63. The van der Waals surface area contributed by atoms with Crippen LogP contribution in [0.5, 0.6) is 5.88 Å². The van der Waals surface area contributed by atoms with Gasteiger partial charge in [0.15, 0.2) is 0 Å². The van der Waals surface area contributed by atoms with Gasteiger partial charge in [-0.1, -0.05) is 29.3 Å². The Bertz CT molecular complexity index is 601. The number of rotatable bonds is 4. The SMILES string of the molecule is COc1ncccc1CNC(=O)c1cc(Cl)sc1Cl. The summed E-state index contributed by atoms with van der Waals surface area (Å²) in [5.41, 5.74) is 1.16. The van der Waals surface area contributed by atoms with Gasteiger partial charge < -0.3 is 10.1 Å². The molecule has 7 heteroatoms. The average Bonchev–Trinajstić information content (AvgIpc) is 2.75. The van der Waals surface area contributed by atoms with Crippen LogP contribution in [0.1, 0.15) is 15.9 Å². The zero-order chi connectivity index (χ0) is 13.8. The maximum atomic E-state index is 11.9. The number of methoxy groups -OCH3 is 1. The minimum absolute atomic E-state index is 0.279. The molecule has 0 aromatic carbocycles. The number of carbonyl (C=O) groups excluding carboxylic acids is 1. The Labute approximate surface area is 124 Å². The standard InChI is InChI=1S/C12H10Cl2N2O2S/c1-18-12-7(3-2-4-15-12)6-16-11(17)8-5-9(13)19-10(8)14/h2-5H,6H2,1H3,(H,16,17). The topological polar surface area (TPSA) is 51.2 Å². The first kappa shape index (κ1) is 14.1. The number of aromatic nitrogens is 1. The minimum atomic E-state index is -0.279. The van der Waals surface area contributed by atoms with Crippen LogP contribution in [0.3, 0.4) is 0 Å². The van der Waals surface area contributed by atoms with Crippen molar-refractivity contribution in [3.8, 4) is 5.88 Å². The summed E-state index contributed by atoms with van der Waals surface area (Å²) in [4.78, 5) is 16.0. The lowest BCUT2D eigenvalue weighted by molar-refractivity contribution is 0.0951. The molecule has 0 radical (unpaired) electrons. The van der Waals surface area contributed by atoms with E-state index in [0.717, 1.165) is 16.9 Å². The van der Waals surface area contributed by atoms with E-state index in [9.17, 15) is 4.79 Å². The number of thiophene rings is 1. The lowest BCUT2D eigenvalue weighted by Gasteiger charge is -2.08. The van der Waals surface area contributed by atoms with Crippen molar-refractivity contribution in [2.45, 2.75) is 6.54 Å². The molecule has 2 heterocycles. The van der Waals surface area contributed by atoms with E-state index in [1.54, 1.807) is 18.3 Å². The molecule has 0 aliphatic heterocycles. The fourth-order valence-corrected chi connectivity index (χ4v) is 2.97. The smallest absolute Gasteiger partial charge is 0.253 e. The van der Waals surface area contributed by atoms with Gasteiger partial charge in [-0.05, 0) is 12.1 Å². The maximum Gasteiger partial charge on any atom is 0.253 e. The molecule has 100 valence electrons. The molecule has 0 atom stereocenters. The molecule has 2 aromatic heterocycles. The predicted molar refractivity (Wildman–Crippen MR) is 76.3 cm³/mol. The number of pyridine rings is 1. The molecule has 1 amide bonds.